The van der Waals surface area contributed by atoms with Gasteiger partial charge < -0.3 is 5.32 Å². The quantitative estimate of drug-likeness (QED) is 0.936. The number of hydrogen-bond acceptors (Lipinski definition) is 4. The zero-order chi connectivity index (χ0) is 15.0. The van der Waals surface area contributed by atoms with Crippen LogP contribution < -0.4 is 5.32 Å². The molecule has 4 nitrogen and oxygen atoms in total. The van der Waals surface area contributed by atoms with Crippen molar-refractivity contribution in [3.63, 3.8) is 0 Å². The van der Waals surface area contributed by atoms with Crippen molar-refractivity contribution in [3.8, 4) is 0 Å². The number of aromatic nitrogens is 3. The van der Waals surface area contributed by atoms with E-state index in [-0.39, 0.29) is 0 Å². The summed E-state index contributed by atoms with van der Waals surface area (Å²) in [6.45, 7) is 9.77. The van der Waals surface area contributed by atoms with Gasteiger partial charge in [0, 0.05) is 28.8 Å². The Morgan fingerprint density at radius 1 is 1.48 bits per heavy atom. The van der Waals surface area contributed by atoms with E-state index in [1.54, 1.807) is 0 Å². The maximum absolute atomic E-state index is 4.72. The molecule has 1 aliphatic heterocycles. The van der Waals surface area contributed by atoms with E-state index >= 15 is 0 Å². The lowest BCUT2D eigenvalue weighted by Gasteiger charge is -2.26. The molecular formula is C16H24N4S. The molecule has 5 heteroatoms. The van der Waals surface area contributed by atoms with Gasteiger partial charge in [0.2, 0.25) is 0 Å². The SMILES string of the molecule is CCc1nc2n(n1)CCC[C@H]2N[C@H](C)c1cc(C)sc1C. The highest BCUT2D eigenvalue weighted by Crippen LogP contribution is 2.30. The van der Waals surface area contributed by atoms with Gasteiger partial charge >= 0.3 is 0 Å². The number of hydrogen-bond donors (Lipinski definition) is 1. The van der Waals surface area contributed by atoms with Crippen LogP contribution in [0.5, 0.6) is 0 Å². The molecule has 1 N–H and O–H groups in total. The molecule has 0 saturated carbocycles. The zero-order valence-electron chi connectivity index (χ0n) is 13.3. The third kappa shape index (κ3) is 2.90. The van der Waals surface area contributed by atoms with Crippen LogP contribution in [0.15, 0.2) is 6.07 Å². The minimum absolute atomic E-state index is 0.321. The molecule has 0 amide bonds. The molecule has 21 heavy (non-hydrogen) atoms. The molecule has 2 aromatic heterocycles. The highest BCUT2D eigenvalue weighted by atomic mass is 32.1. The summed E-state index contributed by atoms with van der Waals surface area (Å²) in [5.41, 5.74) is 1.42. The van der Waals surface area contributed by atoms with Gasteiger partial charge in [0.15, 0.2) is 5.82 Å². The van der Waals surface area contributed by atoms with Crippen LogP contribution in [0.1, 0.15) is 65.7 Å². The molecule has 114 valence electrons. The second kappa shape index (κ2) is 5.89. The van der Waals surface area contributed by atoms with Crippen LogP contribution in [0.3, 0.4) is 0 Å². The molecule has 0 aromatic carbocycles. The molecule has 0 radical (unpaired) electrons. The zero-order valence-corrected chi connectivity index (χ0v) is 14.1. The lowest BCUT2D eigenvalue weighted by Crippen LogP contribution is -2.30. The fourth-order valence-corrected chi connectivity index (χ4v) is 4.20. The maximum Gasteiger partial charge on any atom is 0.150 e. The number of thiophene rings is 1. The third-order valence-corrected chi connectivity index (χ3v) is 5.21. The Labute approximate surface area is 130 Å². The molecular weight excluding hydrogens is 280 g/mol. The highest BCUT2D eigenvalue weighted by molar-refractivity contribution is 7.12. The van der Waals surface area contributed by atoms with E-state index in [9.17, 15) is 0 Å². The van der Waals surface area contributed by atoms with Crippen LogP contribution in [0.2, 0.25) is 0 Å². The summed E-state index contributed by atoms with van der Waals surface area (Å²) >= 11 is 1.88. The third-order valence-electron chi connectivity index (χ3n) is 4.23. The Kier molecular flexibility index (Phi) is 4.13. The van der Waals surface area contributed by atoms with Gasteiger partial charge in [0.1, 0.15) is 5.82 Å². The number of nitrogens with one attached hydrogen (secondary N) is 1. The van der Waals surface area contributed by atoms with Gasteiger partial charge in [-0.1, -0.05) is 6.92 Å². The van der Waals surface area contributed by atoms with Crippen LogP contribution in [0, 0.1) is 13.8 Å². The first kappa shape index (κ1) is 14.7. The summed E-state index contributed by atoms with van der Waals surface area (Å²) in [7, 11) is 0. The van der Waals surface area contributed by atoms with Gasteiger partial charge in [0.05, 0.1) is 6.04 Å². The first-order valence-corrected chi connectivity index (χ1v) is 8.66. The minimum atomic E-state index is 0.321. The smallest absolute Gasteiger partial charge is 0.150 e. The van der Waals surface area contributed by atoms with E-state index in [2.05, 4.69) is 48.9 Å². The molecule has 2 aromatic rings. The van der Waals surface area contributed by atoms with Crippen molar-refractivity contribution in [2.45, 2.75) is 65.6 Å². The van der Waals surface area contributed by atoms with Crippen molar-refractivity contribution >= 4 is 11.3 Å². The molecule has 0 saturated heterocycles. The predicted octanol–water partition coefficient (Wildman–Crippen LogP) is 3.70. The summed E-state index contributed by atoms with van der Waals surface area (Å²) in [5, 5.41) is 8.36. The highest BCUT2D eigenvalue weighted by Gasteiger charge is 2.26. The first-order valence-electron chi connectivity index (χ1n) is 7.85. The van der Waals surface area contributed by atoms with E-state index in [0.29, 0.717) is 12.1 Å². The predicted molar refractivity (Wildman–Crippen MR) is 86.7 cm³/mol. The van der Waals surface area contributed by atoms with Crippen LogP contribution >= 0.6 is 11.3 Å². The van der Waals surface area contributed by atoms with Gasteiger partial charge in [-0.2, -0.15) is 5.10 Å². The van der Waals surface area contributed by atoms with Gasteiger partial charge in [-0.05, 0) is 45.2 Å². The van der Waals surface area contributed by atoms with Crippen LogP contribution in [-0.4, -0.2) is 14.8 Å². The number of aryl methyl sites for hydroxylation is 4. The molecule has 0 aliphatic carbocycles. The van der Waals surface area contributed by atoms with Crippen molar-refractivity contribution in [3.05, 3.63) is 33.0 Å². The number of fused-ring (bicyclic) bond motifs is 1. The van der Waals surface area contributed by atoms with Crippen molar-refractivity contribution in [1.29, 1.82) is 0 Å². The Balaban J connectivity index is 1.80. The largest absolute Gasteiger partial charge is 0.301 e. The lowest BCUT2D eigenvalue weighted by molar-refractivity contribution is 0.344. The van der Waals surface area contributed by atoms with Gasteiger partial charge in [-0.15, -0.1) is 11.3 Å². The molecule has 1 aliphatic rings. The lowest BCUT2D eigenvalue weighted by atomic mass is 10.0. The normalized spacial score (nSPS) is 19.5. The molecule has 3 heterocycles. The number of nitrogens with zero attached hydrogens (tertiary/aromatic N) is 3. The molecule has 2 atom stereocenters. The molecule has 0 unspecified atom stereocenters. The van der Waals surface area contributed by atoms with E-state index in [4.69, 9.17) is 4.98 Å². The Morgan fingerprint density at radius 2 is 2.29 bits per heavy atom. The number of rotatable bonds is 4. The van der Waals surface area contributed by atoms with Gasteiger partial charge in [0.25, 0.3) is 0 Å². The fourth-order valence-electron chi connectivity index (χ4n) is 3.18. The second-order valence-corrected chi connectivity index (χ2v) is 7.38. The van der Waals surface area contributed by atoms with Crippen LogP contribution in [0.4, 0.5) is 0 Å². The topological polar surface area (TPSA) is 42.7 Å². The Hall–Kier alpha value is -1.20. The summed E-state index contributed by atoms with van der Waals surface area (Å²) in [5.74, 6) is 2.09. The van der Waals surface area contributed by atoms with Crippen LogP contribution in [0.25, 0.3) is 0 Å². The van der Waals surface area contributed by atoms with Crippen molar-refractivity contribution < 1.29 is 0 Å². The monoisotopic (exact) mass is 304 g/mol. The van der Waals surface area contributed by atoms with Gasteiger partial charge in [-0.3, -0.25) is 0 Å². The molecule has 0 bridgehead atoms. The summed E-state index contributed by atoms with van der Waals surface area (Å²) in [6, 6.07) is 2.98. The van der Waals surface area contributed by atoms with E-state index in [0.717, 1.165) is 31.0 Å². The first-order chi connectivity index (χ1) is 10.1. The maximum atomic E-state index is 4.72. The van der Waals surface area contributed by atoms with E-state index in [1.807, 2.05) is 11.3 Å². The average Bonchev–Trinajstić information content (AvgIpc) is 3.02. The van der Waals surface area contributed by atoms with Crippen molar-refractivity contribution in [1.82, 2.24) is 20.1 Å². The summed E-state index contributed by atoms with van der Waals surface area (Å²) in [4.78, 5) is 7.52. The van der Waals surface area contributed by atoms with E-state index < -0.39 is 0 Å². The summed E-state index contributed by atoms with van der Waals surface area (Å²) in [6.07, 6.45) is 3.23. The second-order valence-electron chi connectivity index (χ2n) is 5.91. The van der Waals surface area contributed by atoms with Crippen molar-refractivity contribution in [2.75, 3.05) is 0 Å². The van der Waals surface area contributed by atoms with E-state index in [1.165, 1.54) is 21.7 Å². The average molecular weight is 304 g/mol. The summed E-state index contributed by atoms with van der Waals surface area (Å²) < 4.78 is 2.10. The van der Waals surface area contributed by atoms with Crippen LogP contribution in [-0.2, 0) is 13.0 Å². The molecule has 0 spiro atoms. The Morgan fingerprint density at radius 3 is 2.95 bits per heavy atom. The van der Waals surface area contributed by atoms with Gasteiger partial charge in [-0.25, -0.2) is 9.67 Å². The standard InChI is InChI=1S/C16H24N4S/c1-5-15-18-16-14(7-6-8-20(16)19-15)17-11(3)13-9-10(2)21-12(13)4/h9,11,14,17H,5-8H2,1-4H3/t11-,14-/m1/s1. The van der Waals surface area contributed by atoms with Crippen molar-refractivity contribution in [2.24, 2.45) is 0 Å². The Bertz CT molecular complexity index is 628. The fraction of sp³-hybridized carbons (Fsp3) is 0.625. The molecule has 0 fully saturated rings. The minimum Gasteiger partial charge on any atom is -0.301 e. The molecule has 3 rings (SSSR count).